The van der Waals surface area contributed by atoms with Crippen molar-refractivity contribution in [3.8, 4) is 0 Å². The molecule has 3 atom stereocenters. The van der Waals surface area contributed by atoms with Crippen LogP contribution in [0.4, 0.5) is 0 Å². The van der Waals surface area contributed by atoms with E-state index in [0.717, 1.165) is 12.3 Å². The van der Waals surface area contributed by atoms with E-state index in [2.05, 4.69) is 39.1 Å². The molecule has 0 saturated heterocycles. The van der Waals surface area contributed by atoms with Crippen molar-refractivity contribution in [2.24, 2.45) is 17.3 Å². The van der Waals surface area contributed by atoms with Crippen LogP contribution >= 0.6 is 0 Å². The molecule has 0 aromatic heterocycles. The second-order valence-electron chi connectivity index (χ2n) is 7.10. The second-order valence-corrected chi connectivity index (χ2v) is 7.10. The number of rotatable bonds is 3. The molecule has 0 aromatic carbocycles. The first-order chi connectivity index (χ1) is 8.39. The highest BCUT2D eigenvalue weighted by Gasteiger charge is 2.41. The summed E-state index contributed by atoms with van der Waals surface area (Å²) in [6.45, 7) is 9.08. The molecule has 0 aromatic rings. The van der Waals surface area contributed by atoms with Gasteiger partial charge in [-0.25, -0.2) is 0 Å². The topological polar surface area (TPSA) is 29.1 Å². The molecule has 2 aliphatic carbocycles. The molecular weight excluding hydrogens is 222 g/mol. The van der Waals surface area contributed by atoms with Gasteiger partial charge in [0.15, 0.2) is 0 Å². The van der Waals surface area contributed by atoms with E-state index in [1.54, 1.807) is 5.57 Å². The maximum atomic E-state index is 10.7. The van der Waals surface area contributed by atoms with E-state index in [1.807, 2.05) is 0 Å². The Hall–Kier alpha value is -0.790. The van der Waals surface area contributed by atoms with Crippen LogP contribution in [0.1, 0.15) is 59.8 Å². The average molecular weight is 249 g/mol. The molecule has 102 valence electrons. The van der Waals surface area contributed by atoms with Crippen LogP contribution in [-0.4, -0.2) is 11.9 Å². The first-order valence-electron chi connectivity index (χ1n) is 7.32. The maximum absolute atomic E-state index is 10.7. The van der Waals surface area contributed by atoms with Gasteiger partial charge in [0.2, 0.25) is 6.41 Å². The van der Waals surface area contributed by atoms with Gasteiger partial charge in [-0.1, -0.05) is 31.9 Å². The van der Waals surface area contributed by atoms with Crippen molar-refractivity contribution in [1.82, 2.24) is 5.32 Å². The van der Waals surface area contributed by atoms with Gasteiger partial charge < -0.3 is 5.32 Å². The molecule has 1 fully saturated rings. The monoisotopic (exact) mass is 249 g/mol. The van der Waals surface area contributed by atoms with E-state index in [-0.39, 0.29) is 5.54 Å². The highest BCUT2D eigenvalue weighted by Crippen LogP contribution is 2.51. The molecule has 2 nitrogen and oxygen atoms in total. The summed E-state index contributed by atoms with van der Waals surface area (Å²) in [6, 6.07) is 0. The van der Waals surface area contributed by atoms with E-state index in [0.29, 0.717) is 11.3 Å². The van der Waals surface area contributed by atoms with Crippen molar-refractivity contribution in [3.63, 3.8) is 0 Å². The molecule has 0 bridgehead atoms. The summed E-state index contributed by atoms with van der Waals surface area (Å²) in [4.78, 5) is 10.7. The standard InChI is InChI=1S/C16H27NO/c1-12-6-5-8-16(4)9-7-13(10-14(12)16)15(2,3)17-11-18/h10-13H,5-9H2,1-4H3,(H,17,18). The van der Waals surface area contributed by atoms with Crippen molar-refractivity contribution in [2.75, 3.05) is 0 Å². The van der Waals surface area contributed by atoms with Crippen LogP contribution in [0.15, 0.2) is 11.6 Å². The van der Waals surface area contributed by atoms with Crippen molar-refractivity contribution in [1.29, 1.82) is 0 Å². The maximum Gasteiger partial charge on any atom is 0.207 e. The van der Waals surface area contributed by atoms with Crippen molar-refractivity contribution in [3.05, 3.63) is 11.6 Å². The summed E-state index contributed by atoms with van der Waals surface area (Å²) < 4.78 is 0. The third-order valence-electron chi connectivity index (χ3n) is 5.34. The Kier molecular flexibility index (Phi) is 3.57. The number of allylic oxidation sites excluding steroid dienone is 1. The predicted molar refractivity (Wildman–Crippen MR) is 75.2 cm³/mol. The Bertz CT molecular complexity index is 358. The second kappa shape index (κ2) is 4.71. The Morgan fingerprint density at radius 3 is 2.78 bits per heavy atom. The summed E-state index contributed by atoms with van der Waals surface area (Å²) in [6.07, 6.45) is 9.85. The zero-order chi connectivity index (χ0) is 13.4. The number of amides is 1. The number of nitrogens with one attached hydrogen (secondary N) is 1. The number of carbonyl (C=O) groups excluding carboxylic acids is 1. The van der Waals surface area contributed by atoms with Crippen molar-refractivity contribution >= 4 is 6.41 Å². The lowest BCUT2D eigenvalue weighted by Crippen LogP contribution is -2.47. The highest BCUT2D eigenvalue weighted by atomic mass is 16.1. The van der Waals surface area contributed by atoms with Crippen LogP contribution in [0, 0.1) is 17.3 Å². The van der Waals surface area contributed by atoms with E-state index in [1.165, 1.54) is 32.1 Å². The van der Waals surface area contributed by atoms with Crippen molar-refractivity contribution < 1.29 is 4.79 Å². The van der Waals surface area contributed by atoms with Crippen LogP contribution in [-0.2, 0) is 4.79 Å². The lowest BCUT2D eigenvalue weighted by Gasteiger charge is -2.47. The Balaban J connectivity index is 2.26. The molecule has 0 aliphatic heterocycles. The smallest absolute Gasteiger partial charge is 0.207 e. The van der Waals surface area contributed by atoms with Gasteiger partial charge in [-0.2, -0.15) is 0 Å². The fourth-order valence-electron chi connectivity index (χ4n) is 3.93. The van der Waals surface area contributed by atoms with Gasteiger partial charge in [-0.05, 0) is 56.8 Å². The first kappa shape index (κ1) is 13.6. The molecule has 0 radical (unpaired) electrons. The molecule has 1 N–H and O–H groups in total. The summed E-state index contributed by atoms with van der Waals surface area (Å²) >= 11 is 0. The molecule has 2 heteroatoms. The largest absolute Gasteiger partial charge is 0.353 e. The number of hydrogen-bond donors (Lipinski definition) is 1. The molecule has 0 heterocycles. The minimum absolute atomic E-state index is 0.118. The van der Waals surface area contributed by atoms with Gasteiger partial charge >= 0.3 is 0 Å². The van der Waals surface area contributed by atoms with Gasteiger partial charge in [0.05, 0.1) is 0 Å². The third kappa shape index (κ3) is 2.34. The van der Waals surface area contributed by atoms with E-state index in [4.69, 9.17) is 0 Å². The number of hydrogen-bond acceptors (Lipinski definition) is 1. The van der Waals surface area contributed by atoms with Crippen LogP contribution in [0.5, 0.6) is 0 Å². The lowest BCUT2D eigenvalue weighted by molar-refractivity contribution is -0.111. The van der Waals surface area contributed by atoms with Gasteiger partial charge in [-0.3, -0.25) is 4.79 Å². The van der Waals surface area contributed by atoms with Gasteiger partial charge in [0.1, 0.15) is 0 Å². The van der Waals surface area contributed by atoms with Crippen LogP contribution in [0.2, 0.25) is 0 Å². The molecule has 0 spiro atoms. The van der Waals surface area contributed by atoms with Gasteiger partial charge in [0.25, 0.3) is 0 Å². The molecule has 1 amide bonds. The molecule has 2 aliphatic rings. The third-order valence-corrected chi connectivity index (χ3v) is 5.34. The van der Waals surface area contributed by atoms with E-state index in [9.17, 15) is 4.79 Å². The molecule has 2 rings (SSSR count). The van der Waals surface area contributed by atoms with Crippen LogP contribution in [0.3, 0.4) is 0 Å². The quantitative estimate of drug-likeness (QED) is 0.600. The summed E-state index contributed by atoms with van der Waals surface area (Å²) in [5.41, 5.74) is 1.98. The zero-order valence-corrected chi connectivity index (χ0v) is 12.3. The zero-order valence-electron chi connectivity index (χ0n) is 12.3. The Morgan fingerprint density at radius 2 is 2.11 bits per heavy atom. The van der Waals surface area contributed by atoms with Gasteiger partial charge in [-0.15, -0.1) is 0 Å². The fraction of sp³-hybridized carbons (Fsp3) is 0.812. The van der Waals surface area contributed by atoms with E-state index >= 15 is 0 Å². The van der Waals surface area contributed by atoms with Gasteiger partial charge in [0, 0.05) is 5.54 Å². The lowest BCUT2D eigenvalue weighted by atomic mass is 9.59. The Labute approximate surface area is 111 Å². The number of carbonyl (C=O) groups is 1. The minimum Gasteiger partial charge on any atom is -0.353 e. The molecular formula is C16H27NO. The minimum atomic E-state index is -0.118. The first-order valence-corrected chi connectivity index (χ1v) is 7.32. The Morgan fingerprint density at radius 1 is 1.39 bits per heavy atom. The highest BCUT2D eigenvalue weighted by molar-refractivity contribution is 5.48. The fourth-order valence-corrected chi connectivity index (χ4v) is 3.93. The summed E-state index contributed by atoms with van der Waals surface area (Å²) in [7, 11) is 0. The predicted octanol–water partition coefficient (Wildman–Crippen LogP) is 3.67. The number of fused-ring (bicyclic) bond motifs is 1. The molecule has 3 unspecified atom stereocenters. The summed E-state index contributed by atoms with van der Waals surface area (Å²) in [5, 5.41) is 2.99. The van der Waals surface area contributed by atoms with Crippen LogP contribution < -0.4 is 5.32 Å². The average Bonchev–Trinajstić information content (AvgIpc) is 2.28. The van der Waals surface area contributed by atoms with E-state index < -0.39 is 0 Å². The summed E-state index contributed by atoms with van der Waals surface area (Å²) in [5.74, 6) is 1.20. The SMILES string of the molecule is CC1CCCC2(C)CCC(C(C)(C)NC=O)C=C12. The van der Waals surface area contributed by atoms with Crippen LogP contribution in [0.25, 0.3) is 0 Å². The van der Waals surface area contributed by atoms with Crippen molar-refractivity contribution in [2.45, 2.75) is 65.3 Å². The molecule has 1 saturated carbocycles. The normalized spacial score (nSPS) is 36.6. The molecule has 18 heavy (non-hydrogen) atoms.